The van der Waals surface area contributed by atoms with Crippen molar-refractivity contribution in [2.75, 3.05) is 25.5 Å². The molecule has 0 spiro atoms. The van der Waals surface area contributed by atoms with Gasteiger partial charge in [0.2, 0.25) is 15.9 Å². The summed E-state index contributed by atoms with van der Waals surface area (Å²) in [6.45, 7) is 5.14. The Morgan fingerprint density at radius 2 is 1.51 bits per heavy atom. The van der Waals surface area contributed by atoms with Gasteiger partial charge >= 0.3 is 5.97 Å². The van der Waals surface area contributed by atoms with E-state index in [1.54, 1.807) is 32.0 Å². The number of carbonyl (C=O) groups excluding carboxylic acids is 2. The Bertz CT molecular complexity index is 1300. The van der Waals surface area contributed by atoms with Crippen molar-refractivity contribution in [3.63, 3.8) is 0 Å². The Labute approximate surface area is 206 Å². The van der Waals surface area contributed by atoms with Crippen molar-refractivity contribution < 1.29 is 22.7 Å². The number of carbonyl (C=O) groups is 2. The number of sulfonamides is 1. The van der Waals surface area contributed by atoms with E-state index in [1.165, 1.54) is 17.5 Å². The molecule has 184 valence electrons. The molecule has 0 atom stereocenters. The smallest absolute Gasteiger partial charge is 0.339 e. The molecule has 0 aliphatic rings. The fraction of sp³-hybridized carbons (Fsp3) is 0.259. The van der Waals surface area contributed by atoms with Gasteiger partial charge in [-0.3, -0.25) is 4.79 Å². The van der Waals surface area contributed by atoms with Gasteiger partial charge < -0.3 is 10.1 Å². The van der Waals surface area contributed by atoms with E-state index in [4.69, 9.17) is 4.74 Å². The van der Waals surface area contributed by atoms with Crippen LogP contribution in [0, 0.1) is 20.8 Å². The van der Waals surface area contributed by atoms with Crippen LogP contribution in [0.25, 0.3) is 0 Å². The summed E-state index contributed by atoms with van der Waals surface area (Å²) in [4.78, 5) is 25.3. The number of methoxy groups -OCH3 is 1. The minimum Gasteiger partial charge on any atom is -0.465 e. The highest BCUT2D eigenvalue weighted by atomic mass is 32.2. The Morgan fingerprint density at radius 3 is 2.14 bits per heavy atom. The Balaban J connectivity index is 1.92. The van der Waals surface area contributed by atoms with Crippen LogP contribution in [0.2, 0.25) is 0 Å². The third-order valence-electron chi connectivity index (χ3n) is 5.62. The van der Waals surface area contributed by atoms with Gasteiger partial charge in [-0.2, -0.15) is 4.31 Å². The number of amides is 1. The molecule has 3 rings (SSSR count). The zero-order valence-electron chi connectivity index (χ0n) is 20.4. The Kier molecular flexibility index (Phi) is 8.43. The van der Waals surface area contributed by atoms with Crippen LogP contribution in [0.5, 0.6) is 0 Å². The topological polar surface area (TPSA) is 92.8 Å². The van der Waals surface area contributed by atoms with Crippen LogP contribution in [0.1, 0.15) is 32.6 Å². The molecule has 0 aromatic heterocycles. The number of aryl methyl sites for hydroxylation is 3. The maximum atomic E-state index is 13.8. The molecule has 8 heteroatoms. The summed E-state index contributed by atoms with van der Waals surface area (Å²) in [5, 5.41) is 2.67. The number of hydrogen-bond donors (Lipinski definition) is 1. The minimum absolute atomic E-state index is 0.116. The number of benzene rings is 3. The Hall–Kier alpha value is -3.49. The highest BCUT2D eigenvalue weighted by Crippen LogP contribution is 2.26. The summed E-state index contributed by atoms with van der Waals surface area (Å²) < 4.78 is 33.5. The molecule has 0 aliphatic carbocycles. The molecule has 7 nitrogen and oxygen atoms in total. The minimum atomic E-state index is -3.99. The zero-order chi connectivity index (χ0) is 25.6. The summed E-state index contributed by atoms with van der Waals surface area (Å²) in [7, 11) is -2.73. The van der Waals surface area contributed by atoms with E-state index >= 15 is 0 Å². The van der Waals surface area contributed by atoms with Crippen LogP contribution < -0.4 is 5.32 Å². The van der Waals surface area contributed by atoms with Gasteiger partial charge in [0.15, 0.2) is 0 Å². The monoisotopic (exact) mass is 494 g/mol. The highest BCUT2D eigenvalue weighted by Gasteiger charge is 2.30. The summed E-state index contributed by atoms with van der Waals surface area (Å²) in [5.74, 6) is -1.15. The van der Waals surface area contributed by atoms with Gasteiger partial charge in [0.25, 0.3) is 0 Å². The lowest BCUT2D eigenvalue weighted by molar-refractivity contribution is -0.116. The van der Waals surface area contributed by atoms with Crippen molar-refractivity contribution in [1.82, 2.24) is 4.31 Å². The molecule has 3 aromatic carbocycles. The number of nitrogens with one attached hydrogen (secondary N) is 1. The van der Waals surface area contributed by atoms with Crippen molar-refractivity contribution in [2.24, 2.45) is 0 Å². The van der Waals surface area contributed by atoms with Gasteiger partial charge in [0.1, 0.15) is 0 Å². The maximum Gasteiger partial charge on any atom is 0.339 e. The van der Waals surface area contributed by atoms with E-state index in [1.807, 2.05) is 49.4 Å². The molecule has 0 fully saturated rings. The quantitative estimate of drug-likeness (QED) is 0.449. The number of ether oxygens (including phenoxy) is 1. The van der Waals surface area contributed by atoms with Gasteiger partial charge in [-0.1, -0.05) is 60.2 Å². The number of nitrogens with zero attached hydrogens (tertiary/aromatic N) is 1. The van der Waals surface area contributed by atoms with Gasteiger partial charge in [-0.05, 0) is 56.0 Å². The highest BCUT2D eigenvalue weighted by molar-refractivity contribution is 7.89. The largest absolute Gasteiger partial charge is 0.465 e. The molecule has 1 N–H and O–H groups in total. The molecular formula is C27H30N2O5S. The predicted molar refractivity (Wildman–Crippen MR) is 136 cm³/mol. The predicted octanol–water partition coefficient (Wildman–Crippen LogP) is 4.27. The first-order valence-electron chi connectivity index (χ1n) is 11.2. The normalized spacial score (nSPS) is 11.3. The molecule has 0 radical (unpaired) electrons. The zero-order valence-corrected chi connectivity index (χ0v) is 21.2. The molecule has 3 aromatic rings. The second-order valence-corrected chi connectivity index (χ2v) is 10.3. The molecule has 0 bridgehead atoms. The van der Waals surface area contributed by atoms with Gasteiger partial charge in [-0.25, -0.2) is 13.2 Å². The van der Waals surface area contributed by atoms with Crippen LogP contribution >= 0.6 is 0 Å². The maximum absolute atomic E-state index is 13.8. The fourth-order valence-corrected chi connectivity index (χ4v) is 5.92. The third-order valence-corrected chi connectivity index (χ3v) is 7.77. The second-order valence-electron chi connectivity index (χ2n) is 8.39. The third kappa shape index (κ3) is 6.35. The summed E-state index contributed by atoms with van der Waals surface area (Å²) in [6, 6.07) is 19.6. The molecule has 0 saturated heterocycles. The molecular weight excluding hydrogens is 464 g/mol. The first-order valence-corrected chi connectivity index (χ1v) is 12.7. The fourth-order valence-electron chi connectivity index (χ4n) is 4.12. The lowest BCUT2D eigenvalue weighted by atomic mass is 10.1. The van der Waals surface area contributed by atoms with Crippen molar-refractivity contribution >= 4 is 27.6 Å². The van der Waals surface area contributed by atoms with Gasteiger partial charge in [0, 0.05) is 6.54 Å². The number of anilines is 1. The van der Waals surface area contributed by atoms with Crippen molar-refractivity contribution in [3.05, 3.63) is 94.5 Å². The number of rotatable bonds is 9. The van der Waals surface area contributed by atoms with E-state index in [-0.39, 0.29) is 22.7 Å². The van der Waals surface area contributed by atoms with Crippen LogP contribution in [0.3, 0.4) is 0 Å². The van der Waals surface area contributed by atoms with E-state index < -0.39 is 28.4 Å². The molecule has 0 heterocycles. The van der Waals surface area contributed by atoms with E-state index in [2.05, 4.69) is 5.32 Å². The van der Waals surface area contributed by atoms with Crippen molar-refractivity contribution in [2.45, 2.75) is 32.1 Å². The van der Waals surface area contributed by atoms with E-state index in [0.29, 0.717) is 17.5 Å². The van der Waals surface area contributed by atoms with Gasteiger partial charge in [0.05, 0.1) is 29.8 Å². The molecule has 0 unspecified atom stereocenters. The van der Waals surface area contributed by atoms with E-state index in [0.717, 1.165) is 11.1 Å². The average Bonchev–Trinajstić information content (AvgIpc) is 2.81. The Morgan fingerprint density at radius 1 is 0.914 bits per heavy atom. The van der Waals surface area contributed by atoms with E-state index in [9.17, 15) is 18.0 Å². The molecule has 1 amide bonds. The second kappa shape index (κ2) is 11.3. The molecule has 35 heavy (non-hydrogen) atoms. The lowest BCUT2D eigenvalue weighted by Gasteiger charge is -2.24. The van der Waals surface area contributed by atoms with Crippen LogP contribution in [0.4, 0.5) is 5.69 Å². The summed E-state index contributed by atoms with van der Waals surface area (Å²) in [6.07, 6.45) is 0.441. The average molecular weight is 495 g/mol. The first kappa shape index (κ1) is 26.1. The lowest BCUT2D eigenvalue weighted by Crippen LogP contribution is -2.40. The van der Waals surface area contributed by atoms with Gasteiger partial charge in [-0.15, -0.1) is 0 Å². The first-order chi connectivity index (χ1) is 16.6. The summed E-state index contributed by atoms with van der Waals surface area (Å²) in [5.41, 5.74) is 3.63. The number of hydrogen-bond acceptors (Lipinski definition) is 5. The standard InChI is InChI=1S/C27H30N2O5S/c1-19-16-20(2)26(21(3)17-19)35(32,33)29(15-14-22-10-6-5-7-11-22)18-25(30)28-24-13-9-8-12-23(24)27(31)34-4/h5-13,16-17H,14-15,18H2,1-4H3,(H,28,30). The van der Waals surface area contributed by atoms with Crippen molar-refractivity contribution in [3.8, 4) is 0 Å². The SMILES string of the molecule is COC(=O)c1ccccc1NC(=O)CN(CCc1ccccc1)S(=O)(=O)c1c(C)cc(C)cc1C. The van der Waals surface area contributed by atoms with Crippen molar-refractivity contribution in [1.29, 1.82) is 0 Å². The summed E-state index contributed by atoms with van der Waals surface area (Å²) >= 11 is 0. The van der Waals surface area contributed by atoms with Crippen LogP contribution in [-0.4, -0.2) is 44.8 Å². The van der Waals surface area contributed by atoms with Crippen LogP contribution in [0.15, 0.2) is 71.6 Å². The van der Waals surface area contributed by atoms with Crippen LogP contribution in [-0.2, 0) is 26.0 Å². The molecule has 0 aliphatic heterocycles. The number of para-hydroxylation sites is 1. The molecule has 0 saturated carbocycles. The number of esters is 1.